The zero-order chi connectivity index (χ0) is 14.0. The number of methoxy groups -OCH3 is 1. The third-order valence-electron chi connectivity index (χ3n) is 2.24. The van der Waals surface area contributed by atoms with Crippen LogP contribution in [0.4, 0.5) is 4.39 Å². The van der Waals surface area contributed by atoms with E-state index in [0.717, 1.165) is 6.07 Å². The molecule has 0 heterocycles. The molecule has 0 aliphatic carbocycles. The van der Waals surface area contributed by atoms with Gasteiger partial charge in [-0.05, 0) is 32.0 Å². The predicted molar refractivity (Wildman–Crippen MR) is 64.4 cm³/mol. The fraction of sp³-hybridized carbons (Fsp3) is 0.455. The highest BCUT2D eigenvalue weighted by molar-refractivity contribution is 7.89. The van der Waals surface area contributed by atoms with Crippen LogP contribution >= 0.6 is 0 Å². The first-order valence-electron chi connectivity index (χ1n) is 5.20. The standard InChI is InChI=1S/C11H16FNO4S/c1-11(2,7-14)13-18(15,16)8-4-5-10(17-3)9(12)6-8/h4-6,13-14H,7H2,1-3H3. The van der Waals surface area contributed by atoms with E-state index in [1.54, 1.807) is 0 Å². The second kappa shape index (κ2) is 5.21. The highest BCUT2D eigenvalue weighted by Gasteiger charge is 2.26. The third-order valence-corrected chi connectivity index (χ3v) is 3.94. The van der Waals surface area contributed by atoms with Crippen molar-refractivity contribution in [2.75, 3.05) is 13.7 Å². The lowest BCUT2D eigenvalue weighted by Gasteiger charge is -2.23. The van der Waals surface area contributed by atoms with Gasteiger partial charge in [0.2, 0.25) is 10.0 Å². The van der Waals surface area contributed by atoms with Gasteiger partial charge in [-0.25, -0.2) is 17.5 Å². The zero-order valence-corrected chi connectivity index (χ0v) is 11.2. The van der Waals surface area contributed by atoms with E-state index in [1.807, 2.05) is 0 Å². The molecule has 0 saturated carbocycles. The fourth-order valence-corrected chi connectivity index (χ4v) is 2.68. The van der Waals surface area contributed by atoms with Crippen LogP contribution in [0.3, 0.4) is 0 Å². The molecular weight excluding hydrogens is 261 g/mol. The normalized spacial score (nSPS) is 12.5. The number of aliphatic hydroxyl groups excluding tert-OH is 1. The van der Waals surface area contributed by atoms with Gasteiger partial charge in [0.15, 0.2) is 11.6 Å². The highest BCUT2D eigenvalue weighted by Crippen LogP contribution is 2.21. The Morgan fingerprint density at radius 1 is 1.44 bits per heavy atom. The second-order valence-electron chi connectivity index (χ2n) is 4.44. The summed E-state index contributed by atoms with van der Waals surface area (Å²) in [4.78, 5) is -0.220. The molecule has 0 bridgehead atoms. The van der Waals surface area contributed by atoms with E-state index >= 15 is 0 Å². The number of sulfonamides is 1. The largest absolute Gasteiger partial charge is 0.494 e. The topological polar surface area (TPSA) is 75.6 Å². The Morgan fingerprint density at radius 3 is 2.50 bits per heavy atom. The Bertz CT molecular complexity index is 528. The van der Waals surface area contributed by atoms with Gasteiger partial charge in [-0.15, -0.1) is 0 Å². The minimum absolute atomic E-state index is 0.0321. The van der Waals surface area contributed by atoms with Crippen molar-refractivity contribution < 1.29 is 22.7 Å². The molecule has 0 radical (unpaired) electrons. The van der Waals surface area contributed by atoms with Crippen LogP contribution in [0, 0.1) is 5.82 Å². The molecule has 1 aromatic carbocycles. The summed E-state index contributed by atoms with van der Waals surface area (Å²) in [6, 6.07) is 3.34. The molecule has 1 rings (SSSR count). The molecule has 0 spiro atoms. The minimum Gasteiger partial charge on any atom is -0.494 e. The number of nitrogens with one attached hydrogen (secondary N) is 1. The summed E-state index contributed by atoms with van der Waals surface area (Å²) in [6.07, 6.45) is 0. The van der Waals surface area contributed by atoms with Gasteiger partial charge in [0, 0.05) is 0 Å². The summed E-state index contributed by atoms with van der Waals surface area (Å²) in [7, 11) is -2.59. The summed E-state index contributed by atoms with van der Waals surface area (Å²) in [5.41, 5.74) is -1.02. The summed E-state index contributed by atoms with van der Waals surface area (Å²) in [5, 5.41) is 9.02. The average molecular weight is 277 g/mol. The van der Waals surface area contributed by atoms with Gasteiger partial charge in [-0.2, -0.15) is 0 Å². The Labute approximate surface area is 106 Å². The van der Waals surface area contributed by atoms with Crippen molar-refractivity contribution in [3.05, 3.63) is 24.0 Å². The average Bonchev–Trinajstić information content (AvgIpc) is 2.27. The first-order valence-corrected chi connectivity index (χ1v) is 6.68. The number of benzene rings is 1. The molecule has 2 N–H and O–H groups in total. The number of aliphatic hydroxyl groups is 1. The zero-order valence-electron chi connectivity index (χ0n) is 10.4. The van der Waals surface area contributed by atoms with Crippen molar-refractivity contribution >= 4 is 10.0 Å². The Kier molecular flexibility index (Phi) is 4.31. The van der Waals surface area contributed by atoms with Crippen molar-refractivity contribution in [3.63, 3.8) is 0 Å². The van der Waals surface area contributed by atoms with Gasteiger partial charge in [0.25, 0.3) is 0 Å². The second-order valence-corrected chi connectivity index (χ2v) is 6.13. The van der Waals surface area contributed by atoms with Gasteiger partial charge in [-0.1, -0.05) is 0 Å². The van der Waals surface area contributed by atoms with Gasteiger partial charge in [0.1, 0.15) is 0 Å². The van der Waals surface area contributed by atoms with Gasteiger partial charge < -0.3 is 9.84 Å². The SMILES string of the molecule is COc1ccc(S(=O)(=O)NC(C)(C)CO)cc1F. The highest BCUT2D eigenvalue weighted by atomic mass is 32.2. The molecule has 0 fully saturated rings. The number of halogens is 1. The van der Waals surface area contributed by atoms with Crippen molar-refractivity contribution in [1.29, 1.82) is 0 Å². The molecule has 0 saturated heterocycles. The van der Waals surface area contributed by atoms with Crippen LogP contribution in [0.25, 0.3) is 0 Å². The van der Waals surface area contributed by atoms with E-state index in [-0.39, 0.29) is 17.3 Å². The first kappa shape index (κ1) is 14.9. The Balaban J connectivity index is 3.10. The van der Waals surface area contributed by atoms with Crippen LogP contribution < -0.4 is 9.46 Å². The number of ether oxygens (including phenoxy) is 1. The summed E-state index contributed by atoms with van der Waals surface area (Å²) in [6.45, 7) is 2.67. The minimum atomic E-state index is -3.88. The van der Waals surface area contributed by atoms with E-state index in [4.69, 9.17) is 9.84 Å². The molecule has 7 heteroatoms. The predicted octanol–water partition coefficient (Wildman–Crippen LogP) is 0.883. The van der Waals surface area contributed by atoms with E-state index in [9.17, 15) is 12.8 Å². The fourth-order valence-electron chi connectivity index (χ4n) is 1.27. The first-order chi connectivity index (χ1) is 8.22. The van der Waals surface area contributed by atoms with E-state index in [1.165, 1.54) is 33.1 Å². The lowest BCUT2D eigenvalue weighted by Crippen LogP contribution is -2.46. The van der Waals surface area contributed by atoms with E-state index in [0.29, 0.717) is 0 Å². The quantitative estimate of drug-likeness (QED) is 0.838. The van der Waals surface area contributed by atoms with Crippen molar-refractivity contribution in [2.24, 2.45) is 0 Å². The number of hydrogen-bond acceptors (Lipinski definition) is 4. The Hall–Kier alpha value is -1.18. The maximum Gasteiger partial charge on any atom is 0.241 e. The van der Waals surface area contributed by atoms with Crippen LogP contribution in [0.1, 0.15) is 13.8 Å². The van der Waals surface area contributed by atoms with E-state index < -0.39 is 21.4 Å². The van der Waals surface area contributed by atoms with Crippen molar-refractivity contribution in [1.82, 2.24) is 4.72 Å². The molecule has 0 unspecified atom stereocenters. The van der Waals surface area contributed by atoms with Crippen LogP contribution in [0.2, 0.25) is 0 Å². The molecule has 5 nitrogen and oxygen atoms in total. The smallest absolute Gasteiger partial charge is 0.241 e. The van der Waals surface area contributed by atoms with Gasteiger partial charge in [0.05, 0.1) is 24.2 Å². The summed E-state index contributed by atoms with van der Waals surface area (Å²) in [5.74, 6) is -0.794. The van der Waals surface area contributed by atoms with Gasteiger partial charge in [-0.3, -0.25) is 0 Å². The molecule has 0 atom stereocenters. The van der Waals surface area contributed by atoms with Crippen LogP contribution in [0.5, 0.6) is 5.75 Å². The molecule has 0 amide bonds. The molecule has 1 aromatic rings. The molecule has 102 valence electrons. The molecule has 0 aromatic heterocycles. The van der Waals surface area contributed by atoms with Crippen LogP contribution in [-0.4, -0.2) is 32.8 Å². The Morgan fingerprint density at radius 2 is 2.06 bits per heavy atom. The van der Waals surface area contributed by atoms with Crippen LogP contribution in [-0.2, 0) is 10.0 Å². The summed E-state index contributed by atoms with van der Waals surface area (Å²) >= 11 is 0. The number of hydrogen-bond donors (Lipinski definition) is 2. The maximum atomic E-state index is 13.4. The third kappa shape index (κ3) is 3.41. The molecule has 18 heavy (non-hydrogen) atoms. The molecular formula is C11H16FNO4S. The van der Waals surface area contributed by atoms with Crippen molar-refractivity contribution in [2.45, 2.75) is 24.3 Å². The van der Waals surface area contributed by atoms with Crippen molar-refractivity contribution in [3.8, 4) is 5.75 Å². The van der Waals surface area contributed by atoms with Crippen LogP contribution in [0.15, 0.2) is 23.1 Å². The monoisotopic (exact) mass is 277 g/mol. The summed E-state index contributed by atoms with van der Waals surface area (Å²) < 4.78 is 44.3. The lowest BCUT2D eigenvalue weighted by molar-refractivity contribution is 0.208. The molecule has 0 aliphatic rings. The van der Waals surface area contributed by atoms with Gasteiger partial charge >= 0.3 is 0 Å². The number of rotatable bonds is 5. The lowest BCUT2D eigenvalue weighted by atomic mass is 10.1. The maximum absolute atomic E-state index is 13.4. The van der Waals surface area contributed by atoms with E-state index in [2.05, 4.69) is 4.72 Å². The molecule has 0 aliphatic heterocycles.